The van der Waals surface area contributed by atoms with Crippen molar-refractivity contribution in [2.24, 2.45) is 5.92 Å². The van der Waals surface area contributed by atoms with Crippen molar-refractivity contribution in [3.63, 3.8) is 0 Å². The molecular weight excluding hydrogens is 953 g/mol. The maximum Gasteiger partial charge on any atom is 0.410 e. The van der Waals surface area contributed by atoms with E-state index in [2.05, 4.69) is 0 Å². The predicted octanol–water partition coefficient (Wildman–Crippen LogP) is 11.6. The zero-order valence-corrected chi connectivity index (χ0v) is 50.2. The number of carbonyl (C=O) groups excluding carboxylic acids is 6. The number of ether oxygens (including phenoxy) is 6. The molecular formula is C55H106N6O13. The molecule has 0 bridgehead atoms. The number of nitrogens with zero attached hydrogens (tertiary/aromatic N) is 6. The van der Waals surface area contributed by atoms with Gasteiger partial charge in [0.25, 0.3) is 0 Å². The third-order valence-corrected chi connectivity index (χ3v) is 10.6. The highest BCUT2D eigenvalue weighted by Gasteiger charge is 2.31. The van der Waals surface area contributed by atoms with Gasteiger partial charge < -0.3 is 62.9 Å². The molecule has 0 aromatic heterocycles. The molecule has 0 atom stereocenters. The van der Waals surface area contributed by atoms with E-state index in [-0.39, 0.29) is 25.6 Å². The average Bonchev–Trinajstić information content (AvgIpc) is 3.19. The van der Waals surface area contributed by atoms with Crippen molar-refractivity contribution in [2.45, 2.75) is 229 Å². The summed E-state index contributed by atoms with van der Waals surface area (Å²) >= 11 is 0. The number of rotatable bonds is 28. The largest absolute Gasteiger partial charge is 0.444 e. The van der Waals surface area contributed by atoms with E-state index in [9.17, 15) is 33.9 Å². The molecule has 74 heavy (non-hydrogen) atoms. The zero-order valence-electron chi connectivity index (χ0n) is 50.2. The lowest BCUT2D eigenvalue weighted by atomic mass is 9.99. The van der Waals surface area contributed by atoms with Crippen molar-refractivity contribution in [3.8, 4) is 0 Å². The first-order valence-electron chi connectivity index (χ1n) is 27.1. The van der Waals surface area contributed by atoms with Crippen LogP contribution >= 0.6 is 0 Å². The van der Waals surface area contributed by atoms with E-state index in [1.165, 1.54) is 9.80 Å². The predicted molar refractivity (Wildman–Crippen MR) is 290 cm³/mol. The minimum atomic E-state index is -0.779. The van der Waals surface area contributed by atoms with E-state index in [0.29, 0.717) is 104 Å². The number of aliphatic hydroxyl groups is 1. The van der Waals surface area contributed by atoms with Crippen LogP contribution in [0.25, 0.3) is 0 Å². The van der Waals surface area contributed by atoms with Crippen LogP contribution in [0.5, 0.6) is 0 Å². The highest BCUT2D eigenvalue weighted by molar-refractivity contribution is 5.70. The molecule has 0 aliphatic carbocycles. The molecule has 1 N–H and O–H groups in total. The molecule has 19 nitrogen and oxygen atoms in total. The fraction of sp³-hybridized carbons (Fsp3) is 0.891. The molecule has 0 saturated heterocycles. The van der Waals surface area contributed by atoms with Gasteiger partial charge in [-0.3, -0.25) is 0 Å². The Labute approximate surface area is 447 Å². The lowest BCUT2D eigenvalue weighted by Gasteiger charge is -2.34. The number of unbranched alkanes of at least 4 members (excludes halogenated alkanes) is 5. The van der Waals surface area contributed by atoms with Crippen LogP contribution < -0.4 is 0 Å². The molecule has 0 aromatic rings. The van der Waals surface area contributed by atoms with E-state index in [1.807, 2.05) is 125 Å². The molecule has 0 radical (unpaired) electrons. The molecule has 0 saturated carbocycles. The second-order valence-corrected chi connectivity index (χ2v) is 25.5. The number of carbonyl (C=O) groups is 6. The second kappa shape index (κ2) is 32.2. The molecule has 0 fully saturated rings. The molecule has 19 heteroatoms. The Balaban J connectivity index is 6.54. The fourth-order valence-electron chi connectivity index (χ4n) is 7.24. The Morgan fingerprint density at radius 3 is 0.851 bits per heavy atom. The zero-order chi connectivity index (χ0) is 57.3. The first-order valence-corrected chi connectivity index (χ1v) is 27.1. The van der Waals surface area contributed by atoms with Gasteiger partial charge in [0.05, 0.1) is 0 Å². The Morgan fingerprint density at radius 2 is 0.568 bits per heavy atom. The molecule has 0 spiro atoms. The van der Waals surface area contributed by atoms with Crippen LogP contribution in [0.4, 0.5) is 28.8 Å². The summed E-state index contributed by atoms with van der Waals surface area (Å²) in [5, 5.41) is 9.48. The first-order chi connectivity index (χ1) is 33.7. The summed E-state index contributed by atoms with van der Waals surface area (Å²) < 4.78 is 34.4. The first kappa shape index (κ1) is 69.6. The van der Waals surface area contributed by atoms with Crippen molar-refractivity contribution < 1.29 is 62.3 Å². The van der Waals surface area contributed by atoms with Gasteiger partial charge in [0.2, 0.25) is 0 Å². The molecule has 0 aliphatic rings. The monoisotopic (exact) mass is 1060 g/mol. The van der Waals surface area contributed by atoms with E-state index in [0.717, 1.165) is 19.3 Å². The van der Waals surface area contributed by atoms with Gasteiger partial charge in [-0.25, -0.2) is 28.8 Å². The number of amides is 6. The van der Waals surface area contributed by atoms with Crippen molar-refractivity contribution in [3.05, 3.63) is 0 Å². The third-order valence-electron chi connectivity index (χ3n) is 10.6. The maximum atomic E-state index is 14.0. The van der Waals surface area contributed by atoms with Gasteiger partial charge in [0, 0.05) is 86.1 Å². The number of aliphatic hydroxyl groups excluding tert-OH is 1. The van der Waals surface area contributed by atoms with Crippen molar-refractivity contribution in [2.75, 3.05) is 86.1 Å². The lowest BCUT2D eigenvalue weighted by molar-refractivity contribution is 0.0113. The summed E-state index contributed by atoms with van der Waals surface area (Å²) in [5.74, 6) is -0.190. The average molecular weight is 1060 g/mol. The smallest absolute Gasteiger partial charge is 0.410 e. The molecule has 0 aromatic carbocycles. The topological polar surface area (TPSA) is 197 Å². The molecule has 0 aliphatic heterocycles. The minimum absolute atomic E-state index is 0.102. The van der Waals surface area contributed by atoms with E-state index in [4.69, 9.17) is 28.4 Å². The molecule has 0 rings (SSSR count). The molecule has 0 heterocycles. The Kier molecular flexibility index (Phi) is 30.3. The quantitative estimate of drug-likeness (QED) is 0.0574. The summed E-state index contributed by atoms with van der Waals surface area (Å²) in [6.45, 7) is 36.0. The SMILES string of the molecule is CN(CCCN(CCCCN(CC(CCCCCCO)CN(CCCCN(CCCN(C)C(=O)OC(C)(C)C)C(=O)OC(C)(C)C)C(=O)OC(C)(C)C)C(=O)OC(C)(C)C)C(=O)OC(C)(C)C)C(=O)OC(C)(C)C. The van der Waals surface area contributed by atoms with Gasteiger partial charge in [0.1, 0.15) is 33.6 Å². The van der Waals surface area contributed by atoms with Crippen LogP contribution in [0.1, 0.15) is 195 Å². The highest BCUT2D eigenvalue weighted by atomic mass is 16.6. The van der Waals surface area contributed by atoms with Crippen LogP contribution in [0.3, 0.4) is 0 Å². The molecule has 6 amide bonds. The van der Waals surface area contributed by atoms with Crippen LogP contribution in [0.2, 0.25) is 0 Å². The van der Waals surface area contributed by atoms with E-state index in [1.54, 1.807) is 33.7 Å². The van der Waals surface area contributed by atoms with Crippen molar-refractivity contribution in [1.82, 2.24) is 29.4 Å². The normalized spacial score (nSPS) is 12.4. The second-order valence-electron chi connectivity index (χ2n) is 25.5. The summed E-state index contributed by atoms with van der Waals surface area (Å²) in [4.78, 5) is 89.9. The Bertz CT molecular complexity index is 1560. The Hall–Kier alpha value is -4.42. The minimum Gasteiger partial charge on any atom is -0.444 e. The maximum absolute atomic E-state index is 14.0. The standard InChI is InChI=1S/C55H106N6O13/c1-50(2,3)69-44(63)56(19)32-29-38-58(46(65)71-52(7,8)9)34-24-26-36-60(48(67)73-54(13,14)15)41-43(31-23-21-22-28-40-62)42-61(49(68)74-55(16,17)18)37-27-25-35-59(47(66)72-53(10,11)12)39-30-33-57(20)45(64)70-51(4,5)6/h43,62H,21-42H2,1-20H3. The van der Waals surface area contributed by atoms with E-state index >= 15 is 0 Å². The summed E-state index contributed by atoms with van der Waals surface area (Å²) in [7, 11) is 3.32. The summed E-state index contributed by atoms with van der Waals surface area (Å²) in [6.07, 6.45) is 4.18. The van der Waals surface area contributed by atoms with Gasteiger partial charge in [-0.05, 0) is 182 Å². The van der Waals surface area contributed by atoms with Crippen LogP contribution in [-0.4, -0.2) is 191 Å². The number of hydrogen-bond donors (Lipinski definition) is 1. The van der Waals surface area contributed by atoms with Gasteiger partial charge in [0.15, 0.2) is 0 Å². The summed E-state index contributed by atoms with van der Waals surface area (Å²) in [6, 6.07) is 0. The highest BCUT2D eigenvalue weighted by Crippen LogP contribution is 2.22. The lowest BCUT2D eigenvalue weighted by Crippen LogP contribution is -2.45. The summed E-state index contributed by atoms with van der Waals surface area (Å²) in [5.41, 5.74) is -4.28. The Morgan fingerprint density at radius 1 is 0.324 bits per heavy atom. The fourth-order valence-corrected chi connectivity index (χ4v) is 7.24. The van der Waals surface area contributed by atoms with Crippen LogP contribution in [0.15, 0.2) is 0 Å². The molecule has 434 valence electrons. The van der Waals surface area contributed by atoms with Crippen LogP contribution in [0, 0.1) is 5.92 Å². The molecule has 0 unspecified atom stereocenters. The third kappa shape index (κ3) is 36.5. The van der Waals surface area contributed by atoms with Crippen molar-refractivity contribution in [1.29, 1.82) is 0 Å². The van der Waals surface area contributed by atoms with Gasteiger partial charge in [-0.15, -0.1) is 0 Å². The number of hydrogen-bond acceptors (Lipinski definition) is 13. The van der Waals surface area contributed by atoms with Gasteiger partial charge in [-0.2, -0.15) is 0 Å². The van der Waals surface area contributed by atoms with Crippen molar-refractivity contribution >= 4 is 36.6 Å². The van der Waals surface area contributed by atoms with Gasteiger partial charge in [-0.1, -0.05) is 19.3 Å². The van der Waals surface area contributed by atoms with Gasteiger partial charge >= 0.3 is 36.6 Å². The van der Waals surface area contributed by atoms with E-state index < -0.39 is 70.2 Å². The van der Waals surface area contributed by atoms with Crippen LogP contribution in [-0.2, 0) is 28.4 Å².